The fraction of sp³-hybridized carbons (Fsp3) is 0.805. The first-order chi connectivity index (χ1) is 24.5. The largest absolute Gasteiger partial charge is 0.756 e. The number of unbranched alkanes of at least 4 members (excludes halogenated alkanes) is 19. The SMILES string of the molecule is CCCCCCCCCCCCCCCC(=O)O[C@H](COC(=O)CCCCCCCCCCc1ccccc1)COP(=O)([O-])OCC[N+](C)(C)C. The van der Waals surface area contributed by atoms with Crippen molar-refractivity contribution in [1.82, 2.24) is 0 Å². The highest BCUT2D eigenvalue weighted by Gasteiger charge is 2.21. The normalized spacial score (nSPS) is 13.5. The Kier molecular flexibility index (Phi) is 28.4. The number of benzene rings is 1. The van der Waals surface area contributed by atoms with Gasteiger partial charge in [0.05, 0.1) is 27.7 Å². The van der Waals surface area contributed by atoms with Crippen molar-refractivity contribution in [2.45, 2.75) is 167 Å². The number of phosphoric ester groups is 1. The molecule has 0 saturated heterocycles. The van der Waals surface area contributed by atoms with Gasteiger partial charge in [-0.25, -0.2) is 0 Å². The molecule has 0 radical (unpaired) electrons. The molecule has 0 saturated carbocycles. The van der Waals surface area contributed by atoms with E-state index in [9.17, 15) is 19.0 Å². The van der Waals surface area contributed by atoms with Crippen molar-refractivity contribution in [2.24, 2.45) is 0 Å². The van der Waals surface area contributed by atoms with Gasteiger partial charge >= 0.3 is 11.9 Å². The first-order valence-corrected chi connectivity index (χ1v) is 21.8. The Morgan fingerprint density at radius 1 is 0.647 bits per heavy atom. The first-order valence-electron chi connectivity index (χ1n) is 20.3. The molecule has 0 aliphatic rings. The zero-order valence-corrected chi connectivity index (χ0v) is 33.8. The minimum absolute atomic E-state index is 0.0307. The summed E-state index contributed by atoms with van der Waals surface area (Å²) in [5.41, 5.74) is 1.40. The van der Waals surface area contributed by atoms with Crippen LogP contribution in [0.25, 0.3) is 0 Å². The highest BCUT2D eigenvalue weighted by atomic mass is 31.2. The van der Waals surface area contributed by atoms with Crippen LogP contribution in [-0.2, 0) is 39.1 Å². The van der Waals surface area contributed by atoms with Gasteiger partial charge in [-0.1, -0.05) is 153 Å². The van der Waals surface area contributed by atoms with Gasteiger partial charge in [-0.15, -0.1) is 0 Å². The number of nitrogens with zero attached hydrogens (tertiary/aromatic N) is 1. The van der Waals surface area contributed by atoms with Gasteiger partial charge in [0.15, 0.2) is 6.10 Å². The summed E-state index contributed by atoms with van der Waals surface area (Å²) < 4.78 is 33.8. The summed E-state index contributed by atoms with van der Waals surface area (Å²) in [4.78, 5) is 37.4. The van der Waals surface area contributed by atoms with Gasteiger partial charge < -0.3 is 27.9 Å². The molecule has 1 aromatic rings. The van der Waals surface area contributed by atoms with Crippen molar-refractivity contribution < 1.29 is 42.1 Å². The molecule has 0 N–H and O–H groups in total. The van der Waals surface area contributed by atoms with Gasteiger partial charge in [0.2, 0.25) is 0 Å². The van der Waals surface area contributed by atoms with Crippen molar-refractivity contribution in [3.63, 3.8) is 0 Å². The lowest BCUT2D eigenvalue weighted by atomic mass is 10.0. The minimum Gasteiger partial charge on any atom is -0.756 e. The molecule has 0 aliphatic heterocycles. The fourth-order valence-corrected chi connectivity index (χ4v) is 6.58. The molecule has 296 valence electrons. The quantitative estimate of drug-likeness (QED) is 0.0293. The summed E-state index contributed by atoms with van der Waals surface area (Å²) in [5.74, 6) is -0.840. The van der Waals surface area contributed by atoms with E-state index in [-0.39, 0.29) is 26.1 Å². The van der Waals surface area contributed by atoms with Crippen LogP contribution in [0, 0.1) is 0 Å². The fourth-order valence-electron chi connectivity index (χ4n) is 5.85. The number of rotatable bonds is 35. The number of phosphoric acid groups is 1. The van der Waals surface area contributed by atoms with E-state index in [1.165, 1.54) is 95.5 Å². The van der Waals surface area contributed by atoms with Crippen LogP contribution in [0.15, 0.2) is 30.3 Å². The third kappa shape index (κ3) is 31.5. The number of aryl methyl sites for hydroxylation is 1. The van der Waals surface area contributed by atoms with Crippen LogP contribution in [0.4, 0.5) is 0 Å². The molecule has 51 heavy (non-hydrogen) atoms. The van der Waals surface area contributed by atoms with Gasteiger partial charge in [-0.2, -0.15) is 0 Å². The standard InChI is InChI=1S/C41H74NO8P/c1-5-6-7-8-9-10-11-12-13-14-19-22-28-33-41(44)50-39(37-49-51(45,46)48-35-34-42(2,3)4)36-47-40(43)32-27-21-18-16-15-17-20-24-29-38-30-25-23-26-31-38/h23,25-26,30-31,39H,5-22,24,27-29,32-37H2,1-4H3/t39-/m1/s1. The van der Waals surface area contributed by atoms with Crippen molar-refractivity contribution in [3.8, 4) is 0 Å². The van der Waals surface area contributed by atoms with Crippen molar-refractivity contribution in [3.05, 3.63) is 35.9 Å². The highest BCUT2D eigenvalue weighted by molar-refractivity contribution is 7.45. The first kappa shape index (κ1) is 47.3. The average molecular weight is 740 g/mol. The third-order valence-corrected chi connectivity index (χ3v) is 10.0. The predicted octanol–water partition coefficient (Wildman–Crippen LogP) is 9.88. The number of quaternary nitrogens is 1. The molecule has 0 aliphatic carbocycles. The number of carbonyl (C=O) groups is 2. The van der Waals surface area contributed by atoms with E-state index < -0.39 is 32.5 Å². The van der Waals surface area contributed by atoms with Gasteiger partial charge in [0.25, 0.3) is 7.82 Å². The Balaban J connectivity index is 2.29. The summed E-state index contributed by atoms with van der Waals surface area (Å²) in [6.07, 6.45) is 25.1. The molecule has 0 spiro atoms. The molecule has 1 unspecified atom stereocenters. The van der Waals surface area contributed by atoms with Gasteiger partial charge in [0, 0.05) is 12.8 Å². The lowest BCUT2D eigenvalue weighted by Crippen LogP contribution is -2.37. The maximum Gasteiger partial charge on any atom is 0.306 e. The zero-order valence-electron chi connectivity index (χ0n) is 32.9. The smallest absolute Gasteiger partial charge is 0.306 e. The average Bonchev–Trinajstić information content (AvgIpc) is 3.08. The summed E-state index contributed by atoms with van der Waals surface area (Å²) in [5, 5.41) is 0. The topological polar surface area (TPSA) is 111 Å². The Morgan fingerprint density at radius 3 is 1.63 bits per heavy atom. The number of carbonyl (C=O) groups excluding carboxylic acids is 2. The molecule has 9 nitrogen and oxygen atoms in total. The molecule has 0 bridgehead atoms. The highest BCUT2D eigenvalue weighted by Crippen LogP contribution is 2.38. The van der Waals surface area contributed by atoms with Crippen molar-refractivity contribution in [2.75, 3.05) is 47.5 Å². The Bertz CT molecular complexity index is 1030. The van der Waals surface area contributed by atoms with Gasteiger partial charge in [-0.05, 0) is 31.2 Å². The lowest BCUT2D eigenvalue weighted by Gasteiger charge is -2.28. The molecule has 0 amide bonds. The minimum atomic E-state index is -4.62. The van der Waals surface area contributed by atoms with Crippen molar-refractivity contribution >= 4 is 19.8 Å². The monoisotopic (exact) mass is 740 g/mol. The van der Waals surface area contributed by atoms with Crippen molar-refractivity contribution in [1.29, 1.82) is 0 Å². The second-order valence-electron chi connectivity index (χ2n) is 15.2. The van der Waals surface area contributed by atoms with Crippen LogP contribution >= 0.6 is 7.82 Å². The molecule has 2 atom stereocenters. The van der Waals surface area contributed by atoms with E-state index in [0.29, 0.717) is 17.4 Å². The van der Waals surface area contributed by atoms with Gasteiger partial charge in [0.1, 0.15) is 19.8 Å². The molecule has 0 heterocycles. The van der Waals surface area contributed by atoms with Crippen LogP contribution in [0.5, 0.6) is 0 Å². The van der Waals surface area contributed by atoms with Crippen LogP contribution < -0.4 is 4.89 Å². The van der Waals surface area contributed by atoms with E-state index in [4.69, 9.17) is 18.5 Å². The predicted molar refractivity (Wildman–Crippen MR) is 205 cm³/mol. The maximum absolute atomic E-state index is 12.6. The number of esters is 2. The third-order valence-electron chi connectivity index (χ3n) is 9.08. The van der Waals surface area contributed by atoms with E-state index in [2.05, 4.69) is 37.3 Å². The second kappa shape index (κ2) is 30.7. The summed E-state index contributed by atoms with van der Waals surface area (Å²) in [6.45, 7) is 1.96. The molecule has 1 aromatic carbocycles. The number of likely N-dealkylation sites (N-methyl/N-ethyl adjacent to an activating group) is 1. The maximum atomic E-state index is 12.6. The van der Waals surface area contributed by atoms with E-state index >= 15 is 0 Å². The molecule has 1 rings (SSSR count). The molecule has 0 fully saturated rings. The Hall–Kier alpha value is -1.77. The van der Waals surface area contributed by atoms with Crippen LogP contribution in [0.3, 0.4) is 0 Å². The van der Waals surface area contributed by atoms with Crippen LogP contribution in [-0.4, -0.2) is 70.0 Å². The van der Waals surface area contributed by atoms with Gasteiger partial charge in [-0.3, -0.25) is 14.2 Å². The van der Waals surface area contributed by atoms with E-state index in [1.54, 1.807) is 0 Å². The molecular weight excluding hydrogens is 665 g/mol. The molecular formula is C41H74NO8P. The molecule has 10 heteroatoms. The summed E-state index contributed by atoms with van der Waals surface area (Å²) in [6, 6.07) is 10.6. The van der Waals surface area contributed by atoms with Crippen LogP contribution in [0.1, 0.15) is 160 Å². The second-order valence-corrected chi connectivity index (χ2v) is 16.6. The lowest BCUT2D eigenvalue weighted by molar-refractivity contribution is -0.870. The van der Waals surface area contributed by atoms with E-state index in [1.807, 2.05) is 21.1 Å². The zero-order chi connectivity index (χ0) is 37.5. The number of hydrogen-bond donors (Lipinski definition) is 0. The number of ether oxygens (including phenoxy) is 2. The van der Waals surface area contributed by atoms with E-state index in [0.717, 1.165) is 44.9 Å². The Labute approximate surface area is 311 Å². The molecule has 0 aromatic heterocycles. The summed E-state index contributed by atoms with van der Waals surface area (Å²) >= 11 is 0. The Morgan fingerprint density at radius 2 is 1.12 bits per heavy atom. The summed E-state index contributed by atoms with van der Waals surface area (Å²) in [7, 11) is 1.16. The number of hydrogen-bond acceptors (Lipinski definition) is 8. The van der Waals surface area contributed by atoms with Crippen LogP contribution in [0.2, 0.25) is 0 Å².